The standard InChI is InChI=1S/C32H33NO4S/c1-5-25-13-17-28(18-14-25)33(38(35,36)30-21-11-24(2)12-22-30)31(34)23-37-29-19-15-27(16-20-29)32(3,4)26-9-7-6-8-10-26/h6-22H,5,23H2,1-4H3. The molecule has 38 heavy (non-hydrogen) atoms. The van der Waals surface area contributed by atoms with Gasteiger partial charge in [-0.3, -0.25) is 4.79 Å². The van der Waals surface area contributed by atoms with Crippen LogP contribution >= 0.6 is 0 Å². The molecular formula is C32H33NO4S. The monoisotopic (exact) mass is 527 g/mol. The summed E-state index contributed by atoms with van der Waals surface area (Å²) in [5.41, 5.74) is 4.33. The maximum Gasteiger partial charge on any atom is 0.278 e. The molecule has 0 atom stereocenters. The smallest absolute Gasteiger partial charge is 0.278 e. The number of ether oxygens (including phenoxy) is 1. The van der Waals surface area contributed by atoms with Crippen molar-refractivity contribution in [1.29, 1.82) is 0 Å². The lowest BCUT2D eigenvalue weighted by molar-refractivity contribution is -0.119. The van der Waals surface area contributed by atoms with Crippen LogP contribution in [-0.2, 0) is 26.7 Å². The third kappa shape index (κ3) is 5.81. The molecule has 0 aliphatic heterocycles. The summed E-state index contributed by atoms with van der Waals surface area (Å²) in [5, 5.41) is 0. The van der Waals surface area contributed by atoms with E-state index in [9.17, 15) is 13.2 Å². The molecule has 0 aromatic heterocycles. The maximum absolute atomic E-state index is 13.6. The molecule has 0 spiro atoms. The van der Waals surface area contributed by atoms with Gasteiger partial charge in [-0.15, -0.1) is 0 Å². The van der Waals surface area contributed by atoms with Gasteiger partial charge in [0, 0.05) is 5.41 Å². The van der Waals surface area contributed by atoms with Crippen LogP contribution in [0.4, 0.5) is 5.69 Å². The number of anilines is 1. The highest BCUT2D eigenvalue weighted by Crippen LogP contribution is 2.32. The van der Waals surface area contributed by atoms with E-state index in [1.165, 1.54) is 17.7 Å². The Balaban J connectivity index is 1.56. The highest BCUT2D eigenvalue weighted by atomic mass is 32.2. The van der Waals surface area contributed by atoms with Crippen molar-refractivity contribution in [2.45, 2.75) is 44.4 Å². The van der Waals surface area contributed by atoms with E-state index in [2.05, 4.69) is 26.0 Å². The normalized spacial score (nSPS) is 11.7. The molecule has 4 aromatic rings. The summed E-state index contributed by atoms with van der Waals surface area (Å²) in [6, 6.07) is 31.2. The number of aryl methyl sites for hydroxylation is 2. The van der Waals surface area contributed by atoms with Crippen LogP contribution in [0.15, 0.2) is 108 Å². The quantitative estimate of drug-likeness (QED) is 0.243. The van der Waals surface area contributed by atoms with E-state index < -0.39 is 22.5 Å². The molecule has 0 bridgehead atoms. The molecule has 0 unspecified atom stereocenters. The molecule has 0 N–H and O–H groups in total. The Morgan fingerprint density at radius 2 is 1.37 bits per heavy atom. The first-order valence-electron chi connectivity index (χ1n) is 12.7. The van der Waals surface area contributed by atoms with Gasteiger partial charge in [-0.25, -0.2) is 8.42 Å². The summed E-state index contributed by atoms with van der Waals surface area (Å²) < 4.78 is 33.8. The van der Waals surface area contributed by atoms with Crippen molar-refractivity contribution in [1.82, 2.24) is 0 Å². The molecule has 0 aliphatic rings. The summed E-state index contributed by atoms with van der Waals surface area (Å²) in [6.45, 7) is 7.77. The Morgan fingerprint density at radius 1 is 0.789 bits per heavy atom. The summed E-state index contributed by atoms with van der Waals surface area (Å²) >= 11 is 0. The van der Waals surface area contributed by atoms with Crippen LogP contribution in [0, 0.1) is 6.92 Å². The van der Waals surface area contributed by atoms with Crippen LogP contribution in [0.1, 0.15) is 43.0 Å². The van der Waals surface area contributed by atoms with Crippen molar-refractivity contribution < 1.29 is 17.9 Å². The molecule has 5 nitrogen and oxygen atoms in total. The Labute approximate surface area is 225 Å². The molecular weight excluding hydrogens is 494 g/mol. The van der Waals surface area contributed by atoms with E-state index in [0.29, 0.717) is 5.75 Å². The van der Waals surface area contributed by atoms with Crippen LogP contribution in [0.3, 0.4) is 0 Å². The van der Waals surface area contributed by atoms with Crippen LogP contribution in [0.2, 0.25) is 0 Å². The molecule has 0 saturated heterocycles. The number of nitrogens with zero attached hydrogens (tertiary/aromatic N) is 1. The number of hydrogen-bond acceptors (Lipinski definition) is 4. The van der Waals surface area contributed by atoms with Gasteiger partial charge in [0.05, 0.1) is 10.6 Å². The van der Waals surface area contributed by atoms with E-state index in [-0.39, 0.29) is 16.0 Å². The first kappa shape index (κ1) is 27.1. The van der Waals surface area contributed by atoms with Gasteiger partial charge in [-0.2, -0.15) is 4.31 Å². The van der Waals surface area contributed by atoms with E-state index >= 15 is 0 Å². The van der Waals surface area contributed by atoms with Crippen molar-refractivity contribution in [2.24, 2.45) is 0 Å². The first-order valence-corrected chi connectivity index (χ1v) is 14.1. The highest BCUT2D eigenvalue weighted by Gasteiger charge is 2.31. The third-order valence-corrected chi connectivity index (χ3v) is 8.56. The number of carbonyl (C=O) groups excluding carboxylic acids is 1. The number of benzene rings is 4. The minimum absolute atomic E-state index is 0.0449. The lowest BCUT2D eigenvalue weighted by Gasteiger charge is -2.26. The van der Waals surface area contributed by atoms with Crippen molar-refractivity contribution in [3.8, 4) is 5.75 Å². The second-order valence-corrected chi connectivity index (χ2v) is 11.6. The van der Waals surface area contributed by atoms with Gasteiger partial charge in [0.2, 0.25) is 0 Å². The maximum atomic E-state index is 13.6. The molecule has 6 heteroatoms. The number of hydrogen-bond donors (Lipinski definition) is 0. The lowest BCUT2D eigenvalue weighted by atomic mass is 9.78. The summed E-state index contributed by atoms with van der Waals surface area (Å²) in [6.07, 6.45) is 0.805. The minimum atomic E-state index is -4.15. The largest absolute Gasteiger partial charge is 0.484 e. The lowest BCUT2D eigenvalue weighted by Crippen LogP contribution is -2.40. The summed E-state index contributed by atoms with van der Waals surface area (Å²) in [5.74, 6) is -0.191. The van der Waals surface area contributed by atoms with Crippen LogP contribution in [-0.4, -0.2) is 20.9 Å². The van der Waals surface area contributed by atoms with Crippen molar-refractivity contribution in [3.63, 3.8) is 0 Å². The zero-order valence-electron chi connectivity index (χ0n) is 22.2. The Kier molecular flexibility index (Phi) is 8.02. The average Bonchev–Trinajstić information content (AvgIpc) is 2.93. The molecule has 1 amide bonds. The summed E-state index contributed by atoms with van der Waals surface area (Å²) in [4.78, 5) is 13.4. The fourth-order valence-corrected chi connectivity index (χ4v) is 5.70. The fraction of sp³-hybridized carbons (Fsp3) is 0.219. The molecule has 4 aromatic carbocycles. The second kappa shape index (κ2) is 11.2. The number of sulfonamides is 1. The molecule has 0 heterocycles. The highest BCUT2D eigenvalue weighted by molar-refractivity contribution is 7.93. The van der Waals surface area contributed by atoms with Crippen LogP contribution in [0.25, 0.3) is 0 Å². The molecule has 0 saturated carbocycles. The molecule has 0 fully saturated rings. The van der Waals surface area contributed by atoms with Gasteiger partial charge >= 0.3 is 0 Å². The van der Waals surface area contributed by atoms with E-state index in [4.69, 9.17) is 4.74 Å². The van der Waals surface area contributed by atoms with Gasteiger partial charge < -0.3 is 4.74 Å². The third-order valence-electron chi connectivity index (χ3n) is 6.80. The van der Waals surface area contributed by atoms with Gasteiger partial charge in [0.15, 0.2) is 6.61 Å². The van der Waals surface area contributed by atoms with E-state index in [1.807, 2.05) is 68.4 Å². The van der Waals surface area contributed by atoms with Crippen LogP contribution in [0.5, 0.6) is 5.75 Å². The number of rotatable bonds is 9. The number of amides is 1. The number of carbonyl (C=O) groups is 1. The molecule has 196 valence electrons. The summed E-state index contributed by atoms with van der Waals surface area (Å²) in [7, 11) is -4.15. The van der Waals surface area contributed by atoms with Gasteiger partial charge in [0.1, 0.15) is 5.75 Å². The SMILES string of the molecule is CCc1ccc(N(C(=O)COc2ccc(C(C)(C)c3ccccc3)cc2)S(=O)(=O)c2ccc(C)cc2)cc1. The van der Waals surface area contributed by atoms with Gasteiger partial charge in [-0.1, -0.05) is 93.1 Å². The molecule has 0 aliphatic carbocycles. The van der Waals surface area contributed by atoms with Crippen molar-refractivity contribution >= 4 is 21.6 Å². The predicted molar refractivity (Wildman–Crippen MR) is 152 cm³/mol. The van der Waals surface area contributed by atoms with Crippen molar-refractivity contribution in [2.75, 3.05) is 10.9 Å². The van der Waals surface area contributed by atoms with Gasteiger partial charge in [0.25, 0.3) is 15.9 Å². The van der Waals surface area contributed by atoms with Crippen LogP contribution < -0.4 is 9.04 Å². The Morgan fingerprint density at radius 3 is 1.95 bits per heavy atom. The van der Waals surface area contributed by atoms with Gasteiger partial charge in [-0.05, 0) is 66.4 Å². The minimum Gasteiger partial charge on any atom is -0.484 e. The molecule has 4 rings (SSSR count). The van der Waals surface area contributed by atoms with E-state index in [0.717, 1.165) is 27.4 Å². The van der Waals surface area contributed by atoms with E-state index in [1.54, 1.807) is 24.3 Å². The Bertz CT molecular complexity index is 1480. The molecule has 0 radical (unpaired) electrons. The topological polar surface area (TPSA) is 63.7 Å². The zero-order valence-corrected chi connectivity index (χ0v) is 23.0. The van der Waals surface area contributed by atoms with Crippen molar-refractivity contribution in [3.05, 3.63) is 125 Å². The fourth-order valence-electron chi connectivity index (χ4n) is 4.29. The first-order chi connectivity index (χ1) is 18.1. The second-order valence-electron chi connectivity index (χ2n) is 9.80. The zero-order chi connectivity index (χ0) is 27.3. The Hall–Kier alpha value is -3.90. The average molecular weight is 528 g/mol. The predicted octanol–water partition coefficient (Wildman–Crippen LogP) is 6.68.